The summed E-state index contributed by atoms with van der Waals surface area (Å²) in [5, 5.41) is 12.5. The molecule has 0 spiro atoms. The van der Waals surface area contributed by atoms with E-state index in [1.807, 2.05) is 30.3 Å². The molecule has 0 bridgehead atoms. The van der Waals surface area contributed by atoms with Crippen LogP contribution in [0.4, 0.5) is 0 Å². The highest BCUT2D eigenvalue weighted by Crippen LogP contribution is 2.32. The summed E-state index contributed by atoms with van der Waals surface area (Å²) in [5.74, 6) is 0. The number of hydrogen-bond acceptors (Lipinski definition) is 6. The number of oxime groups is 1. The summed E-state index contributed by atoms with van der Waals surface area (Å²) in [6, 6.07) is 9.65. The molecule has 108 valence electrons. The topological polar surface area (TPSA) is 69.5 Å². The van der Waals surface area contributed by atoms with Crippen molar-refractivity contribution in [2.24, 2.45) is 5.16 Å². The molecule has 20 heavy (non-hydrogen) atoms. The van der Waals surface area contributed by atoms with Gasteiger partial charge in [-0.05, 0) is 0 Å². The van der Waals surface area contributed by atoms with E-state index in [1.54, 1.807) is 7.11 Å². The zero-order valence-electron chi connectivity index (χ0n) is 11.1. The largest absolute Gasteiger partial charge is 0.411 e. The van der Waals surface area contributed by atoms with Crippen molar-refractivity contribution < 1.29 is 24.2 Å². The molecule has 3 rings (SSSR count). The Morgan fingerprint density at radius 3 is 2.75 bits per heavy atom. The molecule has 2 heterocycles. The molecule has 6 heteroatoms. The van der Waals surface area contributed by atoms with Gasteiger partial charge in [0.05, 0.1) is 12.3 Å². The average molecular weight is 279 g/mol. The van der Waals surface area contributed by atoms with Crippen molar-refractivity contribution in [2.45, 2.75) is 31.2 Å². The molecule has 0 aromatic heterocycles. The zero-order valence-corrected chi connectivity index (χ0v) is 11.1. The van der Waals surface area contributed by atoms with Crippen molar-refractivity contribution in [3.8, 4) is 0 Å². The summed E-state index contributed by atoms with van der Waals surface area (Å²) in [5.41, 5.74) is 1.45. The highest BCUT2D eigenvalue weighted by Gasteiger charge is 2.42. The fourth-order valence-corrected chi connectivity index (χ4v) is 2.49. The smallest absolute Gasteiger partial charge is 0.184 e. The van der Waals surface area contributed by atoms with Crippen LogP contribution in [0.25, 0.3) is 0 Å². The molecule has 2 saturated heterocycles. The molecular formula is C14H17NO5. The first kappa shape index (κ1) is 13.5. The molecule has 0 saturated carbocycles. The van der Waals surface area contributed by atoms with Gasteiger partial charge in [0.2, 0.25) is 0 Å². The van der Waals surface area contributed by atoms with Gasteiger partial charge < -0.3 is 24.2 Å². The lowest BCUT2D eigenvalue weighted by atomic mass is 10.0. The third-order valence-corrected chi connectivity index (χ3v) is 3.51. The first-order valence-electron chi connectivity index (χ1n) is 6.53. The maximum absolute atomic E-state index is 9.16. The van der Waals surface area contributed by atoms with E-state index >= 15 is 0 Å². The van der Waals surface area contributed by atoms with Crippen molar-refractivity contribution in [3.63, 3.8) is 0 Å². The van der Waals surface area contributed by atoms with Crippen molar-refractivity contribution in [3.05, 3.63) is 35.9 Å². The Labute approximate surface area is 116 Å². The van der Waals surface area contributed by atoms with Gasteiger partial charge in [-0.3, -0.25) is 0 Å². The fourth-order valence-electron chi connectivity index (χ4n) is 2.49. The first-order valence-corrected chi connectivity index (χ1v) is 6.53. The van der Waals surface area contributed by atoms with Crippen molar-refractivity contribution >= 4 is 5.71 Å². The van der Waals surface area contributed by atoms with Gasteiger partial charge in [-0.1, -0.05) is 35.5 Å². The van der Waals surface area contributed by atoms with E-state index in [0.717, 1.165) is 5.56 Å². The zero-order chi connectivity index (χ0) is 13.9. The summed E-state index contributed by atoms with van der Waals surface area (Å²) in [6.07, 6.45) is -1.25. The van der Waals surface area contributed by atoms with E-state index < -0.39 is 18.7 Å². The van der Waals surface area contributed by atoms with Crippen LogP contribution < -0.4 is 0 Å². The lowest BCUT2D eigenvalue weighted by Crippen LogP contribution is -2.53. The molecule has 4 atom stereocenters. The number of nitrogens with zero attached hydrogens (tertiary/aromatic N) is 1. The van der Waals surface area contributed by atoms with Gasteiger partial charge in [0.15, 0.2) is 12.6 Å². The van der Waals surface area contributed by atoms with Crippen LogP contribution in [0, 0.1) is 0 Å². The van der Waals surface area contributed by atoms with Gasteiger partial charge in [-0.15, -0.1) is 0 Å². The van der Waals surface area contributed by atoms with Crippen LogP contribution in [0.15, 0.2) is 35.5 Å². The molecule has 1 aromatic rings. The van der Waals surface area contributed by atoms with Crippen LogP contribution in [0.2, 0.25) is 0 Å². The van der Waals surface area contributed by atoms with Crippen LogP contribution in [0.1, 0.15) is 18.3 Å². The lowest BCUT2D eigenvalue weighted by Gasteiger charge is -2.41. The Bertz CT molecular complexity index is 478. The van der Waals surface area contributed by atoms with E-state index in [1.165, 1.54) is 0 Å². The van der Waals surface area contributed by atoms with Gasteiger partial charge in [0.1, 0.15) is 12.2 Å². The summed E-state index contributed by atoms with van der Waals surface area (Å²) >= 11 is 0. The van der Waals surface area contributed by atoms with Crippen molar-refractivity contribution in [1.82, 2.24) is 0 Å². The molecule has 1 N–H and O–H groups in total. The minimum absolute atomic E-state index is 0.320. The Hall–Kier alpha value is -1.47. The molecule has 2 fully saturated rings. The second kappa shape index (κ2) is 5.88. The third-order valence-electron chi connectivity index (χ3n) is 3.51. The maximum Gasteiger partial charge on any atom is 0.184 e. The second-order valence-electron chi connectivity index (χ2n) is 4.77. The van der Waals surface area contributed by atoms with Crippen molar-refractivity contribution in [2.75, 3.05) is 13.7 Å². The van der Waals surface area contributed by atoms with Crippen LogP contribution in [-0.2, 0) is 18.9 Å². The molecule has 2 aliphatic heterocycles. The van der Waals surface area contributed by atoms with Crippen LogP contribution in [0.3, 0.4) is 0 Å². The number of hydrogen-bond donors (Lipinski definition) is 1. The Kier molecular flexibility index (Phi) is 3.98. The number of benzene rings is 1. The van der Waals surface area contributed by atoms with E-state index in [0.29, 0.717) is 18.7 Å². The number of fused-ring (bicyclic) bond motifs is 1. The quantitative estimate of drug-likeness (QED) is 0.659. The minimum atomic E-state index is -0.475. The highest BCUT2D eigenvalue weighted by molar-refractivity contribution is 5.89. The maximum atomic E-state index is 9.16. The van der Waals surface area contributed by atoms with Gasteiger partial charge >= 0.3 is 0 Å². The van der Waals surface area contributed by atoms with Gasteiger partial charge in [0, 0.05) is 19.1 Å². The first-order chi connectivity index (χ1) is 9.81. The highest BCUT2D eigenvalue weighted by atomic mass is 16.7. The number of ether oxygens (including phenoxy) is 4. The Balaban J connectivity index is 1.76. The number of methoxy groups -OCH3 is 1. The van der Waals surface area contributed by atoms with E-state index in [2.05, 4.69) is 5.16 Å². The third kappa shape index (κ3) is 2.55. The molecule has 2 aliphatic rings. The minimum Gasteiger partial charge on any atom is -0.411 e. The molecule has 0 amide bonds. The Morgan fingerprint density at radius 2 is 2.05 bits per heavy atom. The van der Waals surface area contributed by atoms with Crippen LogP contribution in [0.5, 0.6) is 0 Å². The molecule has 0 aliphatic carbocycles. The summed E-state index contributed by atoms with van der Waals surface area (Å²) in [6.45, 7) is 0.364. The van der Waals surface area contributed by atoms with Crippen LogP contribution in [-0.4, -0.2) is 43.1 Å². The van der Waals surface area contributed by atoms with Gasteiger partial charge in [0.25, 0.3) is 0 Å². The van der Waals surface area contributed by atoms with Crippen LogP contribution >= 0.6 is 0 Å². The SMILES string of the molecule is CO[C@@H]1C/C(=N\O)[C@@H]2OC(c3ccccc3)OC[C@@H]2O1. The van der Waals surface area contributed by atoms with E-state index in [9.17, 15) is 0 Å². The lowest BCUT2D eigenvalue weighted by molar-refractivity contribution is -0.286. The molecule has 6 nitrogen and oxygen atoms in total. The Morgan fingerprint density at radius 1 is 1.25 bits per heavy atom. The molecule has 0 radical (unpaired) electrons. The van der Waals surface area contributed by atoms with Gasteiger partial charge in [-0.2, -0.15) is 0 Å². The van der Waals surface area contributed by atoms with Crippen molar-refractivity contribution in [1.29, 1.82) is 0 Å². The molecule has 1 unspecified atom stereocenters. The van der Waals surface area contributed by atoms with E-state index in [4.69, 9.17) is 24.2 Å². The summed E-state index contributed by atoms with van der Waals surface area (Å²) in [7, 11) is 1.55. The predicted molar refractivity (Wildman–Crippen MR) is 69.5 cm³/mol. The van der Waals surface area contributed by atoms with E-state index in [-0.39, 0.29) is 6.10 Å². The average Bonchev–Trinajstić information content (AvgIpc) is 2.54. The second-order valence-corrected chi connectivity index (χ2v) is 4.77. The summed E-state index contributed by atoms with van der Waals surface area (Å²) < 4.78 is 22.4. The standard InChI is InChI=1S/C14H17NO5/c1-17-12-7-10(15-16)13-11(19-12)8-18-14(20-13)9-5-3-2-4-6-9/h2-6,11-14,16H,7-8H2,1H3/b15-10+/t11-,12-,13-,14?/m0/s1. The number of rotatable bonds is 2. The fraction of sp³-hybridized carbons (Fsp3) is 0.500. The monoisotopic (exact) mass is 279 g/mol. The molecular weight excluding hydrogens is 262 g/mol. The van der Waals surface area contributed by atoms with Gasteiger partial charge in [-0.25, -0.2) is 0 Å². The molecule has 1 aromatic carbocycles. The normalized spacial score (nSPS) is 35.8. The summed E-state index contributed by atoms with van der Waals surface area (Å²) in [4.78, 5) is 0. The predicted octanol–water partition coefficient (Wildman–Crippen LogP) is 1.69.